The molecular formula is C23H20FN3O. The number of nitrogens with one attached hydrogen (secondary N) is 1. The number of aromatic nitrogens is 2. The lowest BCUT2D eigenvalue weighted by molar-refractivity contribution is -0.121. The van der Waals surface area contributed by atoms with E-state index < -0.39 is 0 Å². The van der Waals surface area contributed by atoms with Crippen molar-refractivity contribution in [3.63, 3.8) is 0 Å². The molecule has 2 heterocycles. The van der Waals surface area contributed by atoms with Crippen LogP contribution in [0.5, 0.6) is 0 Å². The van der Waals surface area contributed by atoms with Gasteiger partial charge in [-0.2, -0.15) is 0 Å². The zero-order valence-corrected chi connectivity index (χ0v) is 15.3. The lowest BCUT2D eigenvalue weighted by Crippen LogP contribution is -2.23. The minimum atomic E-state index is -0.283. The van der Waals surface area contributed by atoms with Crippen molar-refractivity contribution in [3.8, 4) is 11.3 Å². The highest BCUT2D eigenvalue weighted by molar-refractivity contribution is 5.77. The molecule has 4 rings (SSSR count). The molecule has 1 N–H and O–H groups in total. The maximum atomic E-state index is 13.3. The second kappa shape index (κ2) is 8.05. The second-order valence-electron chi connectivity index (χ2n) is 6.61. The molecule has 0 aliphatic carbocycles. The summed E-state index contributed by atoms with van der Waals surface area (Å²) >= 11 is 0. The highest BCUT2D eigenvalue weighted by Crippen LogP contribution is 2.25. The summed E-state index contributed by atoms with van der Waals surface area (Å²) in [6.07, 6.45) is 2.83. The largest absolute Gasteiger partial charge is 0.352 e. The summed E-state index contributed by atoms with van der Waals surface area (Å²) in [6, 6.07) is 21.9. The smallest absolute Gasteiger partial charge is 0.220 e. The van der Waals surface area contributed by atoms with Gasteiger partial charge in [0, 0.05) is 24.7 Å². The quantitative estimate of drug-likeness (QED) is 0.545. The lowest BCUT2D eigenvalue weighted by atomic mass is 10.1. The van der Waals surface area contributed by atoms with Crippen LogP contribution in [-0.2, 0) is 17.8 Å². The number of benzene rings is 2. The van der Waals surface area contributed by atoms with Crippen molar-refractivity contribution in [2.24, 2.45) is 0 Å². The zero-order chi connectivity index (χ0) is 19.3. The molecule has 0 bridgehead atoms. The van der Waals surface area contributed by atoms with Gasteiger partial charge in [-0.25, -0.2) is 9.37 Å². The minimum absolute atomic E-state index is 0.0141. The van der Waals surface area contributed by atoms with E-state index in [1.54, 1.807) is 12.1 Å². The summed E-state index contributed by atoms with van der Waals surface area (Å²) in [4.78, 5) is 17.0. The van der Waals surface area contributed by atoms with Crippen LogP contribution in [0.15, 0.2) is 79.0 Å². The summed E-state index contributed by atoms with van der Waals surface area (Å²) in [5.41, 5.74) is 4.43. The molecule has 28 heavy (non-hydrogen) atoms. The first-order valence-corrected chi connectivity index (χ1v) is 9.23. The third-order valence-corrected chi connectivity index (χ3v) is 4.67. The number of nitrogens with zero attached hydrogens (tertiary/aromatic N) is 2. The van der Waals surface area contributed by atoms with E-state index in [0.29, 0.717) is 19.4 Å². The molecule has 0 atom stereocenters. The van der Waals surface area contributed by atoms with Gasteiger partial charge in [0.2, 0.25) is 5.91 Å². The third-order valence-electron chi connectivity index (χ3n) is 4.67. The van der Waals surface area contributed by atoms with E-state index in [0.717, 1.165) is 28.2 Å². The predicted molar refractivity (Wildman–Crippen MR) is 107 cm³/mol. The number of imidazole rings is 1. The van der Waals surface area contributed by atoms with Crippen LogP contribution in [0.2, 0.25) is 0 Å². The minimum Gasteiger partial charge on any atom is -0.352 e. The number of carbonyl (C=O) groups excluding carboxylic acids is 1. The van der Waals surface area contributed by atoms with Crippen molar-refractivity contribution < 1.29 is 9.18 Å². The molecule has 0 saturated carbocycles. The molecule has 0 unspecified atom stereocenters. The number of hydrogen-bond acceptors (Lipinski definition) is 2. The van der Waals surface area contributed by atoms with Crippen LogP contribution in [0.25, 0.3) is 16.9 Å². The van der Waals surface area contributed by atoms with E-state index in [4.69, 9.17) is 4.98 Å². The number of aryl methyl sites for hydroxylation is 1. The molecule has 0 aliphatic rings. The first-order valence-electron chi connectivity index (χ1n) is 9.23. The molecule has 0 saturated heterocycles. The van der Waals surface area contributed by atoms with Crippen LogP contribution in [0.1, 0.15) is 17.7 Å². The van der Waals surface area contributed by atoms with Gasteiger partial charge in [-0.1, -0.05) is 36.4 Å². The Morgan fingerprint density at radius 3 is 2.50 bits per heavy atom. The molecule has 2 aromatic heterocycles. The summed E-state index contributed by atoms with van der Waals surface area (Å²) in [5, 5.41) is 2.96. The lowest BCUT2D eigenvalue weighted by Gasteiger charge is -2.07. The summed E-state index contributed by atoms with van der Waals surface area (Å²) in [7, 11) is 0. The third kappa shape index (κ3) is 3.93. The van der Waals surface area contributed by atoms with Gasteiger partial charge in [-0.15, -0.1) is 0 Å². The standard InChI is InChI=1S/C23H20FN3O/c24-19-11-9-18(10-12-19)23-20(27-15-5-4-8-21(27)26-23)13-14-22(28)25-16-17-6-2-1-3-7-17/h1-12,15H,13-14,16H2,(H,25,28). The van der Waals surface area contributed by atoms with Gasteiger partial charge in [0.1, 0.15) is 11.5 Å². The summed E-state index contributed by atoms with van der Waals surface area (Å²) < 4.78 is 15.3. The van der Waals surface area contributed by atoms with Crippen molar-refractivity contribution in [1.29, 1.82) is 0 Å². The fourth-order valence-corrected chi connectivity index (χ4v) is 3.24. The Balaban J connectivity index is 1.53. The van der Waals surface area contributed by atoms with Crippen LogP contribution in [-0.4, -0.2) is 15.3 Å². The predicted octanol–water partition coefficient (Wildman–Crippen LogP) is 4.39. The van der Waals surface area contributed by atoms with Crippen LogP contribution in [0.3, 0.4) is 0 Å². The van der Waals surface area contributed by atoms with Gasteiger partial charge < -0.3 is 9.72 Å². The Kier molecular flexibility index (Phi) is 5.15. The van der Waals surface area contributed by atoms with E-state index in [1.807, 2.05) is 59.1 Å². The maximum Gasteiger partial charge on any atom is 0.220 e. The van der Waals surface area contributed by atoms with Crippen molar-refractivity contribution in [2.75, 3.05) is 0 Å². The number of hydrogen-bond donors (Lipinski definition) is 1. The van der Waals surface area contributed by atoms with E-state index in [1.165, 1.54) is 12.1 Å². The number of halogens is 1. The van der Waals surface area contributed by atoms with Crippen molar-refractivity contribution in [2.45, 2.75) is 19.4 Å². The van der Waals surface area contributed by atoms with Crippen molar-refractivity contribution in [3.05, 3.63) is 96.1 Å². The topological polar surface area (TPSA) is 46.4 Å². The van der Waals surface area contributed by atoms with Crippen molar-refractivity contribution in [1.82, 2.24) is 14.7 Å². The van der Waals surface area contributed by atoms with Crippen molar-refractivity contribution >= 4 is 11.6 Å². The summed E-state index contributed by atoms with van der Waals surface area (Å²) in [5.74, 6) is -0.297. The van der Waals surface area contributed by atoms with Gasteiger partial charge in [-0.05, 0) is 48.4 Å². The number of carbonyl (C=O) groups is 1. The number of fused-ring (bicyclic) bond motifs is 1. The van der Waals surface area contributed by atoms with Gasteiger partial charge in [-0.3, -0.25) is 4.79 Å². The molecule has 5 heteroatoms. The Morgan fingerprint density at radius 2 is 1.71 bits per heavy atom. The fraction of sp³-hybridized carbons (Fsp3) is 0.130. The van der Waals surface area contributed by atoms with Gasteiger partial charge >= 0.3 is 0 Å². The molecule has 0 fully saturated rings. The first kappa shape index (κ1) is 17.9. The van der Waals surface area contributed by atoms with Crippen LogP contribution >= 0.6 is 0 Å². The average molecular weight is 373 g/mol. The number of pyridine rings is 1. The van der Waals surface area contributed by atoms with Crippen LogP contribution in [0, 0.1) is 5.82 Å². The maximum absolute atomic E-state index is 13.3. The number of amides is 1. The zero-order valence-electron chi connectivity index (χ0n) is 15.3. The van der Waals surface area contributed by atoms with Crippen LogP contribution in [0.4, 0.5) is 4.39 Å². The molecule has 0 aliphatic heterocycles. The SMILES string of the molecule is O=C(CCc1c(-c2ccc(F)cc2)nc2ccccn12)NCc1ccccc1. The molecule has 4 aromatic rings. The molecule has 2 aromatic carbocycles. The van der Waals surface area contributed by atoms with Crippen LogP contribution < -0.4 is 5.32 Å². The Hall–Kier alpha value is -3.47. The normalized spacial score (nSPS) is 10.9. The highest BCUT2D eigenvalue weighted by Gasteiger charge is 2.15. The van der Waals surface area contributed by atoms with Gasteiger partial charge in [0.25, 0.3) is 0 Å². The van der Waals surface area contributed by atoms with Gasteiger partial charge in [0.15, 0.2) is 0 Å². The number of rotatable bonds is 6. The summed E-state index contributed by atoms with van der Waals surface area (Å²) in [6.45, 7) is 0.512. The first-order chi connectivity index (χ1) is 13.7. The monoisotopic (exact) mass is 373 g/mol. The van der Waals surface area contributed by atoms with E-state index in [2.05, 4.69) is 5.32 Å². The average Bonchev–Trinajstić information content (AvgIpc) is 3.10. The molecule has 0 spiro atoms. The fourth-order valence-electron chi connectivity index (χ4n) is 3.24. The highest BCUT2D eigenvalue weighted by atomic mass is 19.1. The Morgan fingerprint density at radius 1 is 0.964 bits per heavy atom. The van der Waals surface area contributed by atoms with E-state index in [9.17, 15) is 9.18 Å². The van der Waals surface area contributed by atoms with E-state index in [-0.39, 0.29) is 11.7 Å². The second-order valence-corrected chi connectivity index (χ2v) is 6.61. The molecule has 140 valence electrons. The molecule has 0 radical (unpaired) electrons. The van der Waals surface area contributed by atoms with E-state index >= 15 is 0 Å². The molecular weight excluding hydrogens is 353 g/mol. The molecule has 1 amide bonds. The Labute approximate surface area is 162 Å². The van der Waals surface area contributed by atoms with Gasteiger partial charge in [0.05, 0.1) is 11.4 Å². The molecule has 4 nitrogen and oxygen atoms in total. The Bertz CT molecular complexity index is 1090.